The standard InChI is InChI=1S/C25H33N3O3/c1-2-26-13-16-30-23-7-6-8-24-22(23)17-20(18-31-24)27-25(29)19-9-11-21(12-10-19)28-14-4-3-5-15-28/h6-12,20,26H,2-5,13-18H2,1H3,(H,27,29)/t20-/m0/s1. The minimum absolute atomic E-state index is 0.0622. The first-order chi connectivity index (χ1) is 15.2. The number of anilines is 1. The van der Waals surface area contributed by atoms with Gasteiger partial charge in [-0.25, -0.2) is 0 Å². The lowest BCUT2D eigenvalue weighted by Gasteiger charge is -2.29. The molecule has 0 radical (unpaired) electrons. The largest absolute Gasteiger partial charge is 0.492 e. The van der Waals surface area contributed by atoms with E-state index in [4.69, 9.17) is 9.47 Å². The Morgan fingerprint density at radius 3 is 2.71 bits per heavy atom. The van der Waals surface area contributed by atoms with Crippen LogP contribution in [0.3, 0.4) is 0 Å². The van der Waals surface area contributed by atoms with Crippen molar-refractivity contribution in [1.82, 2.24) is 10.6 Å². The van der Waals surface area contributed by atoms with Crippen molar-refractivity contribution in [3.8, 4) is 11.5 Å². The average Bonchev–Trinajstić information content (AvgIpc) is 2.82. The van der Waals surface area contributed by atoms with Gasteiger partial charge in [0.05, 0.1) is 6.04 Å². The van der Waals surface area contributed by atoms with Crippen LogP contribution in [0.1, 0.15) is 42.1 Å². The molecule has 6 heteroatoms. The molecular weight excluding hydrogens is 390 g/mol. The quantitative estimate of drug-likeness (QED) is 0.637. The Morgan fingerprint density at radius 2 is 1.94 bits per heavy atom. The monoisotopic (exact) mass is 423 g/mol. The molecule has 2 aromatic rings. The van der Waals surface area contributed by atoms with Crippen LogP contribution in [0.15, 0.2) is 42.5 Å². The van der Waals surface area contributed by atoms with Gasteiger partial charge in [0.2, 0.25) is 0 Å². The Balaban J connectivity index is 1.36. The van der Waals surface area contributed by atoms with Crippen molar-refractivity contribution in [2.75, 3.05) is 44.3 Å². The van der Waals surface area contributed by atoms with Crippen LogP contribution in [0.4, 0.5) is 5.69 Å². The Labute approximate surface area is 184 Å². The van der Waals surface area contributed by atoms with E-state index in [2.05, 4.69) is 34.6 Å². The number of amides is 1. The van der Waals surface area contributed by atoms with Gasteiger partial charge >= 0.3 is 0 Å². The van der Waals surface area contributed by atoms with Crippen molar-refractivity contribution in [2.24, 2.45) is 0 Å². The lowest BCUT2D eigenvalue weighted by atomic mass is 10.0. The molecule has 2 aliphatic rings. The van der Waals surface area contributed by atoms with Crippen LogP contribution < -0.4 is 25.0 Å². The number of benzene rings is 2. The number of fused-ring (bicyclic) bond motifs is 1. The van der Waals surface area contributed by atoms with Crippen LogP contribution >= 0.6 is 0 Å². The van der Waals surface area contributed by atoms with Crippen LogP contribution in [-0.2, 0) is 6.42 Å². The summed E-state index contributed by atoms with van der Waals surface area (Å²) in [5.41, 5.74) is 2.91. The number of hydrogen-bond donors (Lipinski definition) is 2. The molecule has 0 spiro atoms. The molecule has 4 rings (SSSR count). The number of rotatable bonds is 8. The van der Waals surface area contributed by atoms with Crippen molar-refractivity contribution in [2.45, 2.75) is 38.6 Å². The molecule has 1 saturated heterocycles. The predicted octanol–water partition coefficient (Wildman–Crippen LogP) is 3.40. The Morgan fingerprint density at radius 1 is 1.13 bits per heavy atom. The summed E-state index contributed by atoms with van der Waals surface area (Å²) in [7, 11) is 0. The molecule has 0 unspecified atom stereocenters. The van der Waals surface area contributed by atoms with E-state index in [1.54, 1.807) is 0 Å². The lowest BCUT2D eigenvalue weighted by Crippen LogP contribution is -2.42. The first-order valence-corrected chi connectivity index (χ1v) is 11.5. The highest BCUT2D eigenvalue weighted by Gasteiger charge is 2.25. The summed E-state index contributed by atoms with van der Waals surface area (Å²) in [5.74, 6) is 1.62. The van der Waals surface area contributed by atoms with E-state index in [-0.39, 0.29) is 11.9 Å². The van der Waals surface area contributed by atoms with Gasteiger partial charge < -0.3 is 25.0 Å². The summed E-state index contributed by atoms with van der Waals surface area (Å²) < 4.78 is 11.9. The van der Waals surface area contributed by atoms with Gasteiger partial charge in [0.25, 0.3) is 5.91 Å². The molecule has 0 aromatic heterocycles. The second kappa shape index (κ2) is 10.5. The van der Waals surface area contributed by atoms with E-state index in [1.165, 1.54) is 24.9 Å². The first kappa shape index (κ1) is 21.5. The van der Waals surface area contributed by atoms with Crippen LogP contribution in [-0.4, -0.2) is 51.3 Å². The van der Waals surface area contributed by atoms with E-state index >= 15 is 0 Å². The highest BCUT2D eigenvalue weighted by molar-refractivity contribution is 5.94. The van der Waals surface area contributed by atoms with Crippen molar-refractivity contribution >= 4 is 11.6 Å². The Hall–Kier alpha value is -2.73. The molecule has 1 atom stereocenters. The molecule has 2 aromatic carbocycles. The van der Waals surface area contributed by atoms with Crippen molar-refractivity contribution in [1.29, 1.82) is 0 Å². The minimum atomic E-state index is -0.0831. The third-order valence-electron chi connectivity index (χ3n) is 5.95. The molecular formula is C25H33N3O3. The molecule has 31 heavy (non-hydrogen) atoms. The molecule has 0 saturated carbocycles. The van der Waals surface area contributed by atoms with Gasteiger partial charge in [-0.3, -0.25) is 4.79 Å². The van der Waals surface area contributed by atoms with Gasteiger partial charge in [-0.2, -0.15) is 0 Å². The second-order valence-electron chi connectivity index (χ2n) is 8.21. The molecule has 2 heterocycles. The SMILES string of the molecule is CCNCCOc1cccc2c1C[C@H](NC(=O)c1ccc(N3CCCCC3)cc1)CO2. The van der Waals surface area contributed by atoms with Crippen molar-refractivity contribution in [3.05, 3.63) is 53.6 Å². The fourth-order valence-electron chi connectivity index (χ4n) is 4.26. The summed E-state index contributed by atoms with van der Waals surface area (Å²) >= 11 is 0. The van der Waals surface area contributed by atoms with Gasteiger partial charge in [0.1, 0.15) is 24.7 Å². The molecule has 1 amide bonds. The van der Waals surface area contributed by atoms with Gasteiger partial charge in [0.15, 0.2) is 0 Å². The summed E-state index contributed by atoms with van der Waals surface area (Å²) in [6.07, 6.45) is 4.49. The van der Waals surface area contributed by atoms with Gasteiger partial charge in [-0.15, -0.1) is 0 Å². The van der Waals surface area contributed by atoms with E-state index in [9.17, 15) is 4.79 Å². The number of hydrogen-bond acceptors (Lipinski definition) is 5. The van der Waals surface area contributed by atoms with E-state index in [0.717, 1.165) is 43.2 Å². The highest BCUT2D eigenvalue weighted by Crippen LogP contribution is 2.33. The zero-order valence-electron chi connectivity index (χ0n) is 18.4. The Bertz CT molecular complexity index is 863. The van der Waals surface area contributed by atoms with E-state index < -0.39 is 0 Å². The molecule has 6 nitrogen and oxygen atoms in total. The van der Waals surface area contributed by atoms with E-state index in [0.29, 0.717) is 25.2 Å². The maximum atomic E-state index is 12.8. The lowest BCUT2D eigenvalue weighted by molar-refractivity contribution is 0.0914. The van der Waals surface area contributed by atoms with Crippen LogP contribution in [0, 0.1) is 0 Å². The fraction of sp³-hybridized carbons (Fsp3) is 0.480. The fourth-order valence-corrected chi connectivity index (χ4v) is 4.26. The molecule has 166 valence electrons. The van der Waals surface area contributed by atoms with Crippen molar-refractivity contribution in [3.63, 3.8) is 0 Å². The third-order valence-corrected chi connectivity index (χ3v) is 5.95. The van der Waals surface area contributed by atoms with Gasteiger partial charge in [-0.1, -0.05) is 13.0 Å². The number of nitrogens with zero attached hydrogens (tertiary/aromatic N) is 1. The number of piperidine rings is 1. The summed E-state index contributed by atoms with van der Waals surface area (Å²) in [6, 6.07) is 13.8. The number of likely N-dealkylation sites (N-methyl/N-ethyl adjacent to an activating group) is 1. The molecule has 2 aliphatic heterocycles. The topological polar surface area (TPSA) is 62.8 Å². The van der Waals surface area contributed by atoms with Gasteiger partial charge in [0, 0.05) is 42.9 Å². The zero-order chi connectivity index (χ0) is 21.5. The molecule has 0 aliphatic carbocycles. The summed E-state index contributed by atoms with van der Waals surface area (Å²) in [4.78, 5) is 15.2. The maximum absolute atomic E-state index is 12.8. The number of nitrogens with one attached hydrogen (secondary N) is 2. The smallest absolute Gasteiger partial charge is 0.251 e. The predicted molar refractivity (Wildman–Crippen MR) is 123 cm³/mol. The van der Waals surface area contributed by atoms with Crippen LogP contribution in [0.25, 0.3) is 0 Å². The van der Waals surface area contributed by atoms with Gasteiger partial charge in [-0.05, 0) is 62.2 Å². The normalized spacial score (nSPS) is 18.1. The maximum Gasteiger partial charge on any atom is 0.251 e. The third kappa shape index (κ3) is 5.50. The number of carbonyl (C=O) groups excluding carboxylic acids is 1. The zero-order valence-corrected chi connectivity index (χ0v) is 18.4. The summed E-state index contributed by atoms with van der Waals surface area (Å²) in [5, 5.41) is 6.39. The van der Waals surface area contributed by atoms with Crippen molar-refractivity contribution < 1.29 is 14.3 Å². The Kier molecular flexibility index (Phi) is 7.30. The second-order valence-corrected chi connectivity index (χ2v) is 8.21. The average molecular weight is 424 g/mol. The van der Waals surface area contributed by atoms with E-state index in [1.807, 2.05) is 30.3 Å². The number of carbonyl (C=O) groups is 1. The first-order valence-electron chi connectivity index (χ1n) is 11.5. The molecule has 2 N–H and O–H groups in total. The summed E-state index contributed by atoms with van der Waals surface area (Å²) in [6.45, 7) is 7.07. The minimum Gasteiger partial charge on any atom is -0.492 e. The highest BCUT2D eigenvalue weighted by atomic mass is 16.5. The number of ether oxygens (including phenoxy) is 2. The molecule has 1 fully saturated rings. The van der Waals surface area contributed by atoms with Crippen LogP contribution in [0.5, 0.6) is 11.5 Å². The van der Waals surface area contributed by atoms with Crippen LogP contribution in [0.2, 0.25) is 0 Å². The molecule has 0 bridgehead atoms.